The molecule has 15 N–H and O–H groups in total. The molecular weight excluding hydrogens is 1460 g/mol. The van der Waals surface area contributed by atoms with Gasteiger partial charge in [-0.2, -0.15) is 0 Å². The lowest BCUT2D eigenvalue weighted by molar-refractivity contribution is -0.141. The van der Waals surface area contributed by atoms with E-state index in [2.05, 4.69) is 74.0 Å². The normalized spacial score (nSPS) is 23.4. The highest BCUT2D eigenvalue weighted by Gasteiger charge is 2.42. The number of nitrogens with one attached hydrogen (secondary N) is 14. The minimum absolute atomic E-state index is 0.0261. The molecule has 3 aromatic heterocycles. The molecule has 0 spiro atoms. The number of aromatic nitrogens is 3. The van der Waals surface area contributed by atoms with Crippen LogP contribution in [0.25, 0.3) is 21.8 Å². The van der Waals surface area contributed by atoms with E-state index in [0.29, 0.717) is 50.9 Å². The van der Waals surface area contributed by atoms with Gasteiger partial charge in [-0.1, -0.05) is 144 Å². The first kappa shape index (κ1) is 82.5. The van der Waals surface area contributed by atoms with Crippen molar-refractivity contribution in [2.75, 3.05) is 32.0 Å². The summed E-state index contributed by atoms with van der Waals surface area (Å²) >= 11 is 1.27. The first-order chi connectivity index (χ1) is 53.9. The number of hydrogen-bond acceptors (Lipinski definition) is 17. The number of H-pyrrole nitrogens is 2. The first-order valence-corrected chi connectivity index (χ1v) is 38.5. The average molecular weight is 1550 g/mol. The lowest BCUT2D eigenvalue weighted by Gasteiger charge is -2.31. The molecule has 2 unspecified atom stereocenters. The second-order valence-corrected chi connectivity index (χ2v) is 29.5. The van der Waals surface area contributed by atoms with Crippen molar-refractivity contribution in [3.8, 4) is 0 Å². The van der Waals surface area contributed by atoms with E-state index in [9.17, 15) is 67.4 Å². The monoisotopic (exact) mass is 1550 g/mol. The molecule has 112 heavy (non-hydrogen) atoms. The molecule has 33 heteroatoms. The molecule has 3 aliphatic rings. The van der Waals surface area contributed by atoms with Crippen LogP contribution in [0.1, 0.15) is 101 Å². The van der Waals surface area contributed by atoms with E-state index in [1.165, 1.54) is 23.6 Å². The SMILES string of the molecule is CCCCN1C(=O)NNC(=O)C(C(C)C)NC(=O)[C@@H](CO)NC(=O)[C@@H](Cc2ccccc2)NC(=O)[C@H](C)NC(=O)[C@H](Cc2c[nH]c3ccccc23)NC(=O)[C@@H]2CSC(=N2)c2cccc(n2)CCNC(=O)[C@@H](Cc2c[nH]c3ccccc23)NC(=O)C(C(C)C)NC(=O)[C@@H]2CCCN2C(=O)[C@H](Cc2ccccc2)NC(=O)NC1=O. The van der Waals surface area contributed by atoms with Crippen LogP contribution in [0.5, 0.6) is 0 Å². The number of carbonyl (C=O) groups excluding carboxylic acids is 13. The Hall–Kier alpha value is -12.0. The third kappa shape index (κ3) is 21.7. The Kier molecular flexibility index (Phi) is 28.8. The van der Waals surface area contributed by atoms with Crippen LogP contribution >= 0.6 is 11.8 Å². The van der Waals surface area contributed by atoms with E-state index in [1.807, 2.05) is 48.5 Å². The van der Waals surface area contributed by atoms with Crippen LogP contribution in [-0.4, -0.2) is 204 Å². The molecule has 10 rings (SSSR count). The van der Waals surface area contributed by atoms with Crippen molar-refractivity contribution < 1.29 is 67.4 Å². The van der Waals surface area contributed by atoms with Crippen molar-refractivity contribution in [2.24, 2.45) is 16.8 Å². The molecule has 10 atom stereocenters. The second kappa shape index (κ2) is 39.1. The third-order valence-electron chi connectivity index (χ3n) is 19.6. The third-order valence-corrected chi connectivity index (χ3v) is 20.6. The largest absolute Gasteiger partial charge is 0.394 e. The Bertz CT molecular complexity index is 4610. The van der Waals surface area contributed by atoms with Crippen LogP contribution in [0.4, 0.5) is 14.4 Å². The number of imide groups is 2. The molecule has 592 valence electrons. The Labute approximate surface area is 650 Å². The number of unbranched alkanes of at least 4 members (excludes halogenated alkanes) is 1. The number of hydrogen-bond donors (Lipinski definition) is 15. The lowest BCUT2D eigenvalue weighted by atomic mass is 10.00. The van der Waals surface area contributed by atoms with E-state index >= 15 is 0 Å². The van der Waals surface area contributed by atoms with Crippen molar-refractivity contribution in [2.45, 2.75) is 160 Å². The van der Waals surface area contributed by atoms with E-state index in [-0.39, 0.29) is 70.3 Å². The van der Waals surface area contributed by atoms with Crippen molar-refractivity contribution in [1.82, 2.24) is 88.8 Å². The van der Waals surface area contributed by atoms with Crippen LogP contribution in [0.3, 0.4) is 0 Å². The van der Waals surface area contributed by atoms with E-state index < -0.39 is 156 Å². The summed E-state index contributed by atoms with van der Waals surface area (Å²) in [6, 6.07) is 20.2. The highest BCUT2D eigenvalue weighted by Crippen LogP contribution is 2.26. The minimum atomic E-state index is -1.75. The van der Waals surface area contributed by atoms with Crippen molar-refractivity contribution in [3.05, 3.63) is 173 Å². The van der Waals surface area contributed by atoms with Crippen LogP contribution < -0.4 is 64.0 Å². The fraction of sp³-hybridized carbons (Fsp3) is 0.405. The van der Waals surface area contributed by atoms with Gasteiger partial charge in [0.1, 0.15) is 65.5 Å². The number of benzene rings is 4. The number of fused-ring (bicyclic) bond motifs is 7. The fourth-order valence-electron chi connectivity index (χ4n) is 13.4. The number of aliphatic hydroxyl groups excluding tert-OH is 1. The average Bonchev–Trinajstić information content (AvgIpc) is 1.66. The fourth-order valence-corrected chi connectivity index (χ4v) is 14.4. The van der Waals surface area contributed by atoms with Gasteiger partial charge in [-0.15, -0.1) is 11.8 Å². The van der Waals surface area contributed by atoms with E-state index in [4.69, 9.17) is 9.98 Å². The van der Waals surface area contributed by atoms with Gasteiger partial charge < -0.3 is 67.8 Å². The van der Waals surface area contributed by atoms with Gasteiger partial charge in [0, 0.05) is 97.4 Å². The van der Waals surface area contributed by atoms with Crippen LogP contribution in [0.2, 0.25) is 0 Å². The molecule has 7 aromatic rings. The van der Waals surface area contributed by atoms with Gasteiger partial charge in [-0.05, 0) is 84.5 Å². The van der Waals surface area contributed by atoms with Gasteiger partial charge in [0.15, 0.2) is 0 Å². The number of rotatable bonds is 14. The zero-order valence-corrected chi connectivity index (χ0v) is 63.9. The molecule has 1 saturated heterocycles. The van der Waals surface area contributed by atoms with Crippen LogP contribution in [0.15, 0.2) is 145 Å². The lowest BCUT2D eigenvalue weighted by Crippen LogP contribution is -2.62. The second-order valence-electron chi connectivity index (χ2n) is 28.5. The number of thioether (sulfide) groups is 1. The number of aliphatic hydroxyl groups is 1. The van der Waals surface area contributed by atoms with Gasteiger partial charge in [0.25, 0.3) is 5.91 Å². The molecule has 16 amide bonds. The molecule has 4 bridgehead atoms. The minimum Gasteiger partial charge on any atom is -0.394 e. The summed E-state index contributed by atoms with van der Waals surface area (Å²) in [5.74, 6) is -9.01. The van der Waals surface area contributed by atoms with E-state index in [0.717, 1.165) is 27.4 Å². The molecule has 1 fully saturated rings. The summed E-state index contributed by atoms with van der Waals surface area (Å²) < 4.78 is 0. The number of para-hydroxylation sites is 2. The predicted octanol–water partition coefficient (Wildman–Crippen LogP) is 2.89. The molecule has 0 radical (unpaired) electrons. The van der Waals surface area contributed by atoms with Crippen molar-refractivity contribution >= 4 is 116 Å². The molecule has 3 aliphatic heterocycles. The van der Waals surface area contributed by atoms with Gasteiger partial charge in [0.05, 0.1) is 12.3 Å². The molecule has 4 aromatic carbocycles. The highest BCUT2D eigenvalue weighted by molar-refractivity contribution is 8.14. The maximum atomic E-state index is 14.9. The van der Waals surface area contributed by atoms with E-state index in [1.54, 1.807) is 126 Å². The zero-order valence-electron chi connectivity index (χ0n) is 63.1. The number of hydrazine groups is 1. The van der Waals surface area contributed by atoms with Gasteiger partial charge >= 0.3 is 18.1 Å². The van der Waals surface area contributed by atoms with Crippen molar-refractivity contribution in [1.29, 1.82) is 0 Å². The number of carbonyl (C=O) groups is 13. The zero-order chi connectivity index (χ0) is 80.1. The summed E-state index contributed by atoms with van der Waals surface area (Å²) in [7, 11) is 0. The Morgan fingerprint density at radius 1 is 0.527 bits per heavy atom. The summed E-state index contributed by atoms with van der Waals surface area (Å²) in [6.07, 6.45) is 4.55. The molecule has 6 heterocycles. The number of amides is 16. The van der Waals surface area contributed by atoms with Crippen LogP contribution in [-0.2, 0) is 80.0 Å². The topological polar surface area (TPSA) is 450 Å². The maximum Gasteiger partial charge on any atom is 0.344 e. The van der Waals surface area contributed by atoms with Gasteiger partial charge in [-0.25, -0.2) is 24.7 Å². The molecule has 0 saturated carbocycles. The Balaban J connectivity index is 0.928. The maximum absolute atomic E-state index is 14.9. The van der Waals surface area contributed by atoms with Crippen molar-refractivity contribution in [3.63, 3.8) is 0 Å². The quantitative estimate of drug-likeness (QED) is 0.0744. The van der Waals surface area contributed by atoms with Gasteiger partial charge in [0.2, 0.25) is 53.2 Å². The standard InChI is InChI=1S/C79H96N18O14S/c1-7-8-34-97-78(110)93-77(109)90-60(37-48-23-13-10-14-24-48)76(108)96-35-20-31-63(96)72(105)92-64(44(2)3)73(106)87-58(38-49-40-81-54-28-17-15-26-52(49)54)67(100)80-33-32-51-25-19-30-56(84-51)75-89-62(43-112-75)71(104)86-59(39-50-41-82-55-29-18-16-27-53(50)55)68(101)83-46(6)66(99)85-57(36-47-21-11-9-12-22-47)69(102)88-61(42-98)70(103)91-65(45(4)5)74(107)94-95-79(97)111/h9-19,21-30,40-41,44-46,57-65,81-82,98H,7-8,20,31-39,42-43H2,1-6H3,(H,80,100)(H,83,101)(H,85,99)(H,86,104)(H,87,106)(H,88,102)(H,91,103)(H,92,105)(H,94,107)(H,95,111)(H2,90,93,109,110)/t46-,57+,58+,59-,60-,61+,62-,63-,64?,65?/m0/s1. The predicted molar refractivity (Wildman–Crippen MR) is 418 cm³/mol. The molecule has 32 nitrogen and oxygen atoms in total. The Morgan fingerprint density at radius 2 is 1.07 bits per heavy atom. The highest BCUT2D eigenvalue weighted by atomic mass is 32.2. The number of aliphatic imine (C=N–C) groups is 1. The summed E-state index contributed by atoms with van der Waals surface area (Å²) in [4.78, 5) is 205. The summed E-state index contributed by atoms with van der Waals surface area (Å²) in [6.45, 7) is 8.48. The molecular formula is C79H96N18O14S. The number of urea groups is 3. The summed E-state index contributed by atoms with van der Waals surface area (Å²) in [5, 5.41) is 39.3. The first-order valence-electron chi connectivity index (χ1n) is 37.5. The Morgan fingerprint density at radius 3 is 1.70 bits per heavy atom. The summed E-state index contributed by atoms with van der Waals surface area (Å²) in [5.41, 5.74) is 9.43. The van der Waals surface area contributed by atoms with Crippen LogP contribution in [0, 0.1) is 11.8 Å². The number of pyridine rings is 1. The number of nitrogens with zero attached hydrogens (tertiary/aromatic N) is 4. The molecule has 0 aliphatic carbocycles. The number of aromatic amines is 2. The van der Waals surface area contributed by atoms with Gasteiger partial charge in [-0.3, -0.25) is 68.7 Å². The smallest absolute Gasteiger partial charge is 0.344 e.